The maximum Gasteiger partial charge on any atom is 0.137 e. The van der Waals surface area contributed by atoms with Crippen molar-refractivity contribution in [3.63, 3.8) is 0 Å². The van der Waals surface area contributed by atoms with E-state index in [2.05, 4.69) is 530 Å². The minimum Gasteiger partial charge on any atom is -0.456 e. The molecule has 4 aromatic heterocycles. The van der Waals surface area contributed by atoms with Gasteiger partial charge in [0.15, 0.2) is 0 Å². The number of rotatable bonds is 18. The molecule has 0 spiro atoms. The van der Waals surface area contributed by atoms with Crippen LogP contribution in [0, 0.1) is 6.92 Å². The molecule has 8 nitrogen and oxygen atoms in total. The van der Waals surface area contributed by atoms with Crippen LogP contribution in [0.1, 0.15) is 5.56 Å². The number of hydrogen-bond acceptors (Lipinski definition) is 8. The lowest BCUT2D eigenvalue weighted by atomic mass is 9.98. The Labute approximate surface area is 864 Å². The van der Waals surface area contributed by atoms with Gasteiger partial charge < -0.3 is 37.3 Å². The van der Waals surface area contributed by atoms with Crippen LogP contribution in [0.25, 0.3) is 176 Å². The van der Waals surface area contributed by atoms with E-state index in [-0.39, 0.29) is 0 Å². The van der Waals surface area contributed by atoms with Crippen molar-refractivity contribution in [2.24, 2.45) is 0 Å². The van der Waals surface area contributed by atoms with E-state index in [9.17, 15) is 0 Å². The quantitative estimate of drug-likeness (QED) is 0.0842. The molecule has 0 aliphatic rings. The van der Waals surface area contributed by atoms with Crippen LogP contribution in [0.5, 0.6) is 0 Å². The predicted molar refractivity (Wildman–Crippen MR) is 626 cm³/mol. The third-order valence-electron chi connectivity index (χ3n) is 28.1. The zero-order valence-corrected chi connectivity index (χ0v) is 81.8. The molecular formula is C141H98N4O4. The highest BCUT2D eigenvalue weighted by atomic mass is 16.3. The van der Waals surface area contributed by atoms with Gasteiger partial charge in [-0.2, -0.15) is 0 Å². The van der Waals surface area contributed by atoms with E-state index in [4.69, 9.17) is 17.7 Å². The largest absolute Gasteiger partial charge is 0.456 e. The Morgan fingerprint density at radius 3 is 0.765 bits per heavy atom. The molecule has 8 heteroatoms. The first kappa shape index (κ1) is 90.5. The molecular weight excluding hydrogens is 1810 g/mol. The predicted octanol–water partition coefficient (Wildman–Crippen LogP) is 40.8. The lowest BCUT2D eigenvalue weighted by Crippen LogP contribution is -2.09. The van der Waals surface area contributed by atoms with Crippen LogP contribution in [-0.4, -0.2) is 0 Å². The summed E-state index contributed by atoms with van der Waals surface area (Å²) in [7, 11) is 0. The molecule has 0 amide bonds. The van der Waals surface area contributed by atoms with Crippen LogP contribution in [-0.2, 0) is 0 Å². The van der Waals surface area contributed by atoms with E-state index in [0.717, 1.165) is 167 Å². The Kier molecular flexibility index (Phi) is 24.6. The number of hydrogen-bond donors (Lipinski definition) is 0. The number of anilines is 12. The fourth-order valence-corrected chi connectivity index (χ4v) is 20.7. The molecule has 0 unspecified atom stereocenters. The summed E-state index contributed by atoms with van der Waals surface area (Å²) in [5, 5.41) is 14.1. The third kappa shape index (κ3) is 18.6. The second kappa shape index (κ2) is 40.5. The minimum atomic E-state index is 0.885. The summed E-state index contributed by atoms with van der Waals surface area (Å²) in [5.74, 6) is 0. The monoisotopic (exact) mass is 1910 g/mol. The zero-order valence-electron chi connectivity index (χ0n) is 81.8. The Bertz CT molecular complexity index is 9560. The van der Waals surface area contributed by atoms with Gasteiger partial charge in [-0.1, -0.05) is 382 Å². The summed E-state index contributed by atoms with van der Waals surface area (Å²) in [6.45, 7) is 2.13. The molecule has 0 saturated heterocycles. The van der Waals surface area contributed by atoms with Crippen LogP contribution >= 0.6 is 0 Å². The summed E-state index contributed by atoms with van der Waals surface area (Å²) >= 11 is 0. The van der Waals surface area contributed by atoms with Gasteiger partial charge in [-0.15, -0.1) is 0 Å². The van der Waals surface area contributed by atoms with Crippen molar-refractivity contribution in [2.75, 3.05) is 19.6 Å². The van der Waals surface area contributed by atoms with Crippen molar-refractivity contribution in [1.29, 1.82) is 0 Å². The summed E-state index contributed by atoms with van der Waals surface area (Å²) in [6, 6.07) is 203. The summed E-state index contributed by atoms with van der Waals surface area (Å²) in [6.07, 6.45) is 0. The molecule has 0 bridgehead atoms. The minimum absolute atomic E-state index is 0.885. The highest BCUT2D eigenvalue weighted by Crippen LogP contribution is 2.47. The first-order chi connectivity index (χ1) is 73.7. The molecule has 0 atom stereocenters. The molecule has 24 aromatic carbocycles. The standard InChI is InChI=1S/2C36H25NO.C35H25NO.C34H23NO/c1-3-10-26(11-4-1)27-18-21-31(22-19-27)37(30-13-5-2-6-14-30)32-15-9-12-28(24-32)29-20-23-34-33-16-7-8-17-35(33)38-36(34)25-29;1-3-9-26(10-4-1)28-15-19-30(20-16-28)37(31-21-17-29(18-22-31)27-11-5-2-6-12-27)32-23-24-34-33-13-7-8-14-35(33)38-36(34)25-32;1-24-7-6-10-27(21-24)26-13-16-29(17-14-26)36(30-18-15-25-8-2-3-9-28(25)22-30)31-19-20-33-32-11-4-5-12-34(32)37-35(33)23-31;1-2-11-26(12-3-1)35(28-21-22-32-31-14-6-7-16-33(31)36-34(32)23-28)27-19-17-25(18-20-27)30-15-8-10-24-9-4-5-13-29(24)30/h2*1-25H;2-23H,1H3;1-23H. The average Bonchev–Trinajstić information content (AvgIpc) is 1.67. The lowest BCUT2D eigenvalue weighted by Gasteiger charge is -2.26. The van der Waals surface area contributed by atoms with E-state index in [1.165, 1.54) is 82.7 Å². The first-order valence-electron chi connectivity index (χ1n) is 50.5. The molecule has 0 aliphatic carbocycles. The topological polar surface area (TPSA) is 65.5 Å². The fourth-order valence-electron chi connectivity index (χ4n) is 20.7. The number of para-hydroxylation sites is 6. The molecule has 706 valence electrons. The van der Waals surface area contributed by atoms with Gasteiger partial charge in [0.1, 0.15) is 44.7 Å². The lowest BCUT2D eigenvalue weighted by molar-refractivity contribution is 0.668. The van der Waals surface area contributed by atoms with E-state index in [1.54, 1.807) is 0 Å². The normalized spacial score (nSPS) is 11.3. The van der Waals surface area contributed by atoms with Gasteiger partial charge in [-0.05, 0) is 277 Å². The van der Waals surface area contributed by atoms with Crippen molar-refractivity contribution in [3.8, 4) is 66.8 Å². The molecule has 149 heavy (non-hydrogen) atoms. The maximum atomic E-state index is 6.25. The average molecular weight is 1910 g/mol. The molecule has 4 heterocycles. The number of benzene rings is 24. The number of nitrogens with zero attached hydrogens (tertiary/aromatic N) is 4. The summed E-state index contributed by atoms with van der Waals surface area (Å²) in [5.41, 5.74) is 36.0. The van der Waals surface area contributed by atoms with Gasteiger partial charge in [0.05, 0.1) is 0 Å². The molecule has 0 saturated carbocycles. The van der Waals surface area contributed by atoms with E-state index >= 15 is 0 Å². The van der Waals surface area contributed by atoms with Crippen LogP contribution in [0.3, 0.4) is 0 Å². The van der Waals surface area contributed by atoms with E-state index in [0.29, 0.717) is 0 Å². The van der Waals surface area contributed by atoms with Gasteiger partial charge >= 0.3 is 0 Å². The van der Waals surface area contributed by atoms with Crippen LogP contribution in [0.15, 0.2) is 594 Å². The first-order valence-corrected chi connectivity index (χ1v) is 50.5. The zero-order chi connectivity index (χ0) is 99.3. The van der Waals surface area contributed by atoms with Crippen LogP contribution < -0.4 is 19.6 Å². The summed E-state index contributed by atoms with van der Waals surface area (Å²) in [4.78, 5) is 9.17. The molecule has 0 radical (unpaired) electrons. The SMILES string of the molecule is Cc1cccc(-c2ccc(N(c3ccc4ccccc4c3)c3ccc4c(c3)oc3ccccc34)cc2)c1.c1ccc(-c2ccc(N(c3ccc(-c4ccccc4)cc3)c3ccc4c(c3)oc3ccccc34)cc2)cc1.c1ccc(-c2ccc(N(c3ccccc3)c3cccc(-c4ccc5c(c4)oc4ccccc45)c3)cc2)cc1.c1ccc(N(c2ccc(-c3cccc4ccccc34)cc2)c2ccc3c(c2)oc2ccccc23)cc1. The van der Waals surface area contributed by atoms with Crippen molar-refractivity contribution in [2.45, 2.75) is 6.92 Å². The van der Waals surface area contributed by atoms with Gasteiger partial charge in [0.25, 0.3) is 0 Å². The van der Waals surface area contributed by atoms with Gasteiger partial charge in [0.2, 0.25) is 0 Å². The van der Waals surface area contributed by atoms with Crippen LogP contribution in [0.2, 0.25) is 0 Å². The van der Waals surface area contributed by atoms with Crippen LogP contribution in [0.4, 0.5) is 68.2 Å². The molecule has 28 aromatic rings. The fraction of sp³-hybridized carbons (Fsp3) is 0.00709. The molecule has 0 fully saturated rings. The Balaban J connectivity index is 0.000000103. The van der Waals surface area contributed by atoms with E-state index < -0.39 is 0 Å². The number of aryl methyl sites for hydroxylation is 1. The van der Waals surface area contributed by atoms with Gasteiger partial charge in [0, 0.05) is 130 Å². The third-order valence-corrected chi connectivity index (χ3v) is 28.1. The van der Waals surface area contributed by atoms with Gasteiger partial charge in [-0.3, -0.25) is 0 Å². The summed E-state index contributed by atoms with van der Waals surface area (Å²) < 4.78 is 24.9. The molecule has 0 N–H and O–H groups in total. The van der Waals surface area contributed by atoms with Crippen molar-refractivity contribution in [1.82, 2.24) is 0 Å². The second-order valence-electron chi connectivity index (χ2n) is 37.5. The van der Waals surface area contributed by atoms with Crippen molar-refractivity contribution < 1.29 is 17.7 Å². The molecule has 0 aliphatic heterocycles. The van der Waals surface area contributed by atoms with Gasteiger partial charge in [-0.25, -0.2) is 0 Å². The second-order valence-corrected chi connectivity index (χ2v) is 37.5. The Hall–Kier alpha value is -19.8. The number of fused-ring (bicyclic) bond motifs is 14. The maximum absolute atomic E-state index is 6.25. The highest BCUT2D eigenvalue weighted by Gasteiger charge is 2.24. The van der Waals surface area contributed by atoms with E-state index in [1.807, 2.05) is 72.8 Å². The smallest absolute Gasteiger partial charge is 0.137 e. The van der Waals surface area contributed by atoms with Crippen molar-refractivity contribution in [3.05, 3.63) is 582 Å². The Morgan fingerprint density at radius 1 is 0.121 bits per heavy atom. The van der Waals surface area contributed by atoms with Crippen molar-refractivity contribution >= 4 is 178 Å². The molecule has 28 rings (SSSR count). The highest BCUT2D eigenvalue weighted by molar-refractivity contribution is 6.10. The Morgan fingerprint density at radius 2 is 0.356 bits per heavy atom. The number of furan rings is 4.